The summed E-state index contributed by atoms with van der Waals surface area (Å²) in [6.45, 7) is 10.2. The average molecular weight is 290 g/mol. The van der Waals surface area contributed by atoms with Gasteiger partial charge in [-0.15, -0.1) is 0 Å². The fourth-order valence-corrected chi connectivity index (χ4v) is 3.30. The second-order valence-electron chi connectivity index (χ2n) is 7.24. The molecule has 1 fully saturated rings. The van der Waals surface area contributed by atoms with Gasteiger partial charge in [0.25, 0.3) is 5.56 Å². The Morgan fingerprint density at radius 3 is 2.43 bits per heavy atom. The molecular formula is C18H30N2O. The molecule has 1 saturated carbocycles. The summed E-state index contributed by atoms with van der Waals surface area (Å²) in [5.41, 5.74) is 2.30. The van der Waals surface area contributed by atoms with Gasteiger partial charge < -0.3 is 9.88 Å². The molecule has 0 amide bonds. The van der Waals surface area contributed by atoms with Crippen molar-refractivity contribution < 1.29 is 0 Å². The molecule has 1 aliphatic rings. The van der Waals surface area contributed by atoms with Crippen LogP contribution in [0.4, 0.5) is 0 Å². The van der Waals surface area contributed by atoms with Crippen molar-refractivity contribution in [1.82, 2.24) is 9.88 Å². The Hall–Kier alpha value is -1.09. The van der Waals surface area contributed by atoms with Crippen molar-refractivity contribution in [2.75, 3.05) is 6.54 Å². The molecule has 21 heavy (non-hydrogen) atoms. The highest BCUT2D eigenvalue weighted by Crippen LogP contribution is 2.31. The summed E-state index contributed by atoms with van der Waals surface area (Å²) in [4.78, 5) is 13.0. The van der Waals surface area contributed by atoms with E-state index in [1.165, 1.54) is 25.0 Å². The predicted molar refractivity (Wildman–Crippen MR) is 88.9 cm³/mol. The van der Waals surface area contributed by atoms with Crippen LogP contribution >= 0.6 is 0 Å². The summed E-state index contributed by atoms with van der Waals surface area (Å²) in [5, 5.41) is 3.28. The highest BCUT2D eigenvalue weighted by molar-refractivity contribution is 5.22. The van der Waals surface area contributed by atoms with Gasteiger partial charge in [0.15, 0.2) is 0 Å². The highest BCUT2D eigenvalue weighted by atomic mass is 16.1. The molecule has 2 rings (SSSR count). The predicted octanol–water partition coefficient (Wildman–Crippen LogP) is 3.76. The van der Waals surface area contributed by atoms with E-state index in [1.807, 2.05) is 6.07 Å². The number of aromatic nitrogens is 1. The Morgan fingerprint density at radius 1 is 1.19 bits per heavy atom. The minimum absolute atomic E-state index is 0.00726. The van der Waals surface area contributed by atoms with Crippen LogP contribution in [0.15, 0.2) is 16.9 Å². The lowest BCUT2D eigenvalue weighted by Crippen LogP contribution is -2.36. The number of nitrogens with one attached hydrogen (secondary N) is 1. The maximum absolute atomic E-state index is 13.0. The first-order valence-electron chi connectivity index (χ1n) is 8.40. The largest absolute Gasteiger partial charge is 0.313 e. The molecule has 0 radical (unpaired) electrons. The number of nitrogens with zero attached hydrogens (tertiary/aromatic N) is 1. The summed E-state index contributed by atoms with van der Waals surface area (Å²) >= 11 is 0. The zero-order valence-corrected chi connectivity index (χ0v) is 14.0. The van der Waals surface area contributed by atoms with Gasteiger partial charge in [-0.1, -0.05) is 53.0 Å². The molecule has 0 saturated heterocycles. The first kappa shape index (κ1) is 16.3. The van der Waals surface area contributed by atoms with Gasteiger partial charge in [0, 0.05) is 29.3 Å². The van der Waals surface area contributed by atoms with Crippen LogP contribution in [-0.2, 0) is 12.0 Å². The minimum atomic E-state index is 0.00726. The van der Waals surface area contributed by atoms with E-state index in [2.05, 4.69) is 43.6 Å². The van der Waals surface area contributed by atoms with Crippen molar-refractivity contribution in [3.05, 3.63) is 33.7 Å². The van der Waals surface area contributed by atoms with Gasteiger partial charge in [-0.25, -0.2) is 0 Å². The maximum atomic E-state index is 13.0. The lowest BCUT2D eigenvalue weighted by molar-refractivity contribution is 0.323. The van der Waals surface area contributed by atoms with Gasteiger partial charge >= 0.3 is 0 Å². The van der Waals surface area contributed by atoms with Crippen molar-refractivity contribution >= 4 is 0 Å². The standard InChI is InChI=1S/C18H30N2O/c1-5-19-13-14-11-12-16(18(2,3)4)20(17(14)21)15-9-7-6-8-10-15/h11-12,15,19H,5-10,13H2,1-4H3. The van der Waals surface area contributed by atoms with Crippen LogP contribution in [0, 0.1) is 0 Å². The van der Waals surface area contributed by atoms with Crippen molar-refractivity contribution in [3.63, 3.8) is 0 Å². The Kier molecular flexibility index (Phi) is 5.26. The Balaban J connectivity index is 2.47. The normalized spacial score (nSPS) is 17.1. The van der Waals surface area contributed by atoms with E-state index in [0.29, 0.717) is 12.6 Å². The van der Waals surface area contributed by atoms with Gasteiger partial charge in [0.05, 0.1) is 0 Å². The molecule has 0 atom stereocenters. The second kappa shape index (κ2) is 6.78. The van der Waals surface area contributed by atoms with Crippen molar-refractivity contribution in [1.29, 1.82) is 0 Å². The third-order valence-corrected chi connectivity index (χ3v) is 4.47. The minimum Gasteiger partial charge on any atom is -0.313 e. The van der Waals surface area contributed by atoms with E-state index in [0.717, 1.165) is 24.9 Å². The molecule has 0 aliphatic heterocycles. The first-order chi connectivity index (χ1) is 9.95. The Bertz CT molecular complexity index is 519. The van der Waals surface area contributed by atoms with Crippen LogP contribution in [0.3, 0.4) is 0 Å². The maximum Gasteiger partial charge on any atom is 0.255 e. The smallest absolute Gasteiger partial charge is 0.255 e. The highest BCUT2D eigenvalue weighted by Gasteiger charge is 2.25. The molecule has 0 bridgehead atoms. The second-order valence-corrected chi connectivity index (χ2v) is 7.24. The molecule has 1 aliphatic carbocycles. The molecule has 3 nitrogen and oxygen atoms in total. The van der Waals surface area contributed by atoms with Crippen LogP contribution in [0.5, 0.6) is 0 Å². The van der Waals surface area contributed by atoms with Crippen LogP contribution in [0.2, 0.25) is 0 Å². The van der Waals surface area contributed by atoms with E-state index in [4.69, 9.17) is 0 Å². The summed E-state index contributed by atoms with van der Waals surface area (Å²) in [7, 11) is 0. The molecule has 118 valence electrons. The Labute approximate surface area is 128 Å². The fourth-order valence-electron chi connectivity index (χ4n) is 3.30. The van der Waals surface area contributed by atoms with Crippen LogP contribution in [-0.4, -0.2) is 11.1 Å². The summed E-state index contributed by atoms with van der Waals surface area (Å²) < 4.78 is 2.12. The molecule has 0 aromatic carbocycles. The number of pyridine rings is 1. The van der Waals surface area contributed by atoms with E-state index in [1.54, 1.807) is 0 Å². The van der Waals surface area contributed by atoms with Gasteiger partial charge in [-0.2, -0.15) is 0 Å². The van der Waals surface area contributed by atoms with Crippen molar-refractivity contribution in [3.8, 4) is 0 Å². The number of hydrogen-bond donors (Lipinski definition) is 1. The Morgan fingerprint density at radius 2 is 1.86 bits per heavy atom. The number of rotatable bonds is 4. The van der Waals surface area contributed by atoms with Gasteiger partial charge in [-0.3, -0.25) is 4.79 Å². The van der Waals surface area contributed by atoms with Crippen LogP contribution < -0.4 is 10.9 Å². The summed E-state index contributed by atoms with van der Waals surface area (Å²) in [5.74, 6) is 0. The van der Waals surface area contributed by atoms with E-state index in [9.17, 15) is 4.79 Å². The van der Waals surface area contributed by atoms with Gasteiger partial charge in [0.1, 0.15) is 0 Å². The van der Waals surface area contributed by atoms with Crippen molar-refractivity contribution in [2.24, 2.45) is 0 Å². The quantitative estimate of drug-likeness (QED) is 0.916. The lowest BCUT2D eigenvalue weighted by Gasteiger charge is -2.32. The number of hydrogen-bond acceptors (Lipinski definition) is 2. The van der Waals surface area contributed by atoms with Crippen LogP contribution in [0.25, 0.3) is 0 Å². The zero-order valence-electron chi connectivity index (χ0n) is 14.0. The van der Waals surface area contributed by atoms with Crippen LogP contribution in [0.1, 0.15) is 77.1 Å². The third-order valence-electron chi connectivity index (χ3n) is 4.47. The molecule has 1 aromatic rings. The lowest BCUT2D eigenvalue weighted by atomic mass is 9.88. The first-order valence-corrected chi connectivity index (χ1v) is 8.40. The summed E-state index contributed by atoms with van der Waals surface area (Å²) in [6, 6.07) is 4.58. The molecule has 3 heteroatoms. The fraction of sp³-hybridized carbons (Fsp3) is 0.722. The van der Waals surface area contributed by atoms with Gasteiger partial charge in [0.2, 0.25) is 0 Å². The average Bonchev–Trinajstić information content (AvgIpc) is 2.45. The molecule has 1 N–H and O–H groups in total. The zero-order chi connectivity index (χ0) is 15.5. The molecular weight excluding hydrogens is 260 g/mol. The molecule has 1 heterocycles. The van der Waals surface area contributed by atoms with E-state index < -0.39 is 0 Å². The third kappa shape index (κ3) is 3.76. The molecule has 1 aromatic heterocycles. The summed E-state index contributed by atoms with van der Waals surface area (Å²) in [6.07, 6.45) is 6.10. The van der Waals surface area contributed by atoms with Gasteiger partial charge in [-0.05, 0) is 25.5 Å². The van der Waals surface area contributed by atoms with Crippen molar-refractivity contribution in [2.45, 2.75) is 77.8 Å². The SMILES string of the molecule is CCNCc1ccc(C(C)(C)C)n(C2CCCCC2)c1=O. The molecule has 0 spiro atoms. The molecule has 0 unspecified atom stereocenters. The monoisotopic (exact) mass is 290 g/mol. The topological polar surface area (TPSA) is 34.0 Å². The van der Waals surface area contributed by atoms with E-state index >= 15 is 0 Å². The van der Waals surface area contributed by atoms with E-state index in [-0.39, 0.29) is 11.0 Å².